The second-order valence-corrected chi connectivity index (χ2v) is 4.37. The van der Waals surface area contributed by atoms with E-state index in [1.807, 2.05) is 0 Å². The van der Waals surface area contributed by atoms with E-state index in [9.17, 15) is 18.7 Å². The first-order valence-corrected chi connectivity index (χ1v) is 5.66. The van der Waals surface area contributed by atoms with Crippen molar-refractivity contribution in [3.05, 3.63) is 23.3 Å². The Morgan fingerprint density at radius 2 is 2.16 bits per heavy atom. The van der Waals surface area contributed by atoms with Crippen LogP contribution in [0.1, 0.15) is 18.0 Å². The van der Waals surface area contributed by atoms with Crippen LogP contribution in [0.25, 0.3) is 0 Å². The molecule has 1 aromatic carbocycles. The van der Waals surface area contributed by atoms with E-state index >= 15 is 0 Å². The number of benzene rings is 1. The van der Waals surface area contributed by atoms with Crippen molar-refractivity contribution < 1.29 is 28.5 Å². The van der Waals surface area contributed by atoms with E-state index in [4.69, 9.17) is 9.84 Å². The van der Waals surface area contributed by atoms with Gasteiger partial charge in [0.1, 0.15) is 0 Å². The molecule has 0 aromatic heterocycles. The van der Waals surface area contributed by atoms with Crippen molar-refractivity contribution in [2.45, 2.75) is 12.5 Å². The summed E-state index contributed by atoms with van der Waals surface area (Å²) in [7, 11) is 1.20. The molecule has 2 atom stereocenters. The van der Waals surface area contributed by atoms with Gasteiger partial charge in [-0.1, -0.05) is 0 Å². The lowest BCUT2D eigenvalue weighted by molar-refractivity contribution is -0.141. The van der Waals surface area contributed by atoms with Crippen LogP contribution in [-0.4, -0.2) is 29.8 Å². The maximum absolute atomic E-state index is 14.0. The summed E-state index contributed by atoms with van der Waals surface area (Å²) in [6.07, 6.45) is 0.0514. The first-order valence-electron chi connectivity index (χ1n) is 5.66. The smallest absolute Gasteiger partial charge is 0.307 e. The number of carboxylic acid groups (broad SMARTS) is 1. The minimum atomic E-state index is -1.10. The fourth-order valence-electron chi connectivity index (χ4n) is 2.22. The largest absolute Gasteiger partial charge is 0.505 e. The minimum absolute atomic E-state index is 0.0514. The number of ether oxygens (including phenoxy) is 1. The number of carbonyl (C=O) groups is 1. The van der Waals surface area contributed by atoms with Crippen LogP contribution in [0.4, 0.5) is 8.78 Å². The Bertz CT molecular complexity index is 521. The number of phenols is 1. The summed E-state index contributed by atoms with van der Waals surface area (Å²) in [5.41, 5.74) is -0.388. The first kappa shape index (κ1) is 13.5. The average Bonchev–Trinajstić information content (AvgIpc) is 2.83. The van der Waals surface area contributed by atoms with Crippen LogP contribution in [0.2, 0.25) is 0 Å². The molecule has 7 heteroatoms. The highest BCUT2D eigenvalue weighted by Gasteiger charge is 2.35. The molecule has 0 aliphatic carbocycles. The van der Waals surface area contributed by atoms with Crippen LogP contribution in [0.5, 0.6) is 11.5 Å². The number of aromatic hydroxyl groups is 1. The van der Waals surface area contributed by atoms with Gasteiger partial charge in [-0.05, 0) is 6.42 Å². The summed E-state index contributed by atoms with van der Waals surface area (Å²) >= 11 is 0. The number of halogens is 2. The number of hydrogen-bond acceptors (Lipinski definition) is 4. The molecule has 1 aromatic rings. The predicted molar refractivity (Wildman–Crippen MR) is 61.1 cm³/mol. The maximum atomic E-state index is 14.0. The van der Waals surface area contributed by atoms with E-state index in [1.165, 1.54) is 7.11 Å². The molecule has 1 fully saturated rings. The Kier molecular flexibility index (Phi) is 3.57. The van der Waals surface area contributed by atoms with Crippen molar-refractivity contribution in [1.29, 1.82) is 0 Å². The molecule has 2 rings (SSSR count). The van der Waals surface area contributed by atoms with Crippen LogP contribution in [0.15, 0.2) is 6.07 Å². The summed E-state index contributed by atoms with van der Waals surface area (Å²) < 4.78 is 32.6. The molecule has 0 amide bonds. The number of nitrogens with one attached hydrogen (secondary N) is 1. The topological polar surface area (TPSA) is 78.8 Å². The van der Waals surface area contributed by atoms with Gasteiger partial charge < -0.3 is 20.3 Å². The van der Waals surface area contributed by atoms with Crippen LogP contribution < -0.4 is 10.1 Å². The molecule has 1 aliphatic heterocycles. The zero-order chi connectivity index (χ0) is 14.2. The lowest BCUT2D eigenvalue weighted by atomic mass is 9.98. The lowest BCUT2D eigenvalue weighted by Gasteiger charge is -2.15. The molecule has 1 aliphatic rings. The molecule has 19 heavy (non-hydrogen) atoms. The van der Waals surface area contributed by atoms with Gasteiger partial charge in [0.15, 0.2) is 23.1 Å². The molecule has 0 radical (unpaired) electrons. The molecule has 0 bridgehead atoms. The van der Waals surface area contributed by atoms with Gasteiger partial charge in [-0.2, -0.15) is 0 Å². The van der Waals surface area contributed by atoms with Crippen molar-refractivity contribution in [3.8, 4) is 11.5 Å². The van der Waals surface area contributed by atoms with Crippen molar-refractivity contribution in [3.63, 3.8) is 0 Å². The van der Waals surface area contributed by atoms with Crippen molar-refractivity contribution in [2.24, 2.45) is 5.92 Å². The van der Waals surface area contributed by atoms with Gasteiger partial charge in [0.25, 0.3) is 0 Å². The number of methoxy groups -OCH3 is 1. The monoisotopic (exact) mass is 273 g/mol. The molecule has 1 heterocycles. The molecule has 104 valence electrons. The second-order valence-electron chi connectivity index (χ2n) is 4.37. The molecule has 3 N–H and O–H groups in total. The van der Waals surface area contributed by atoms with Crippen molar-refractivity contribution in [2.75, 3.05) is 13.7 Å². The van der Waals surface area contributed by atoms with Gasteiger partial charge in [-0.3, -0.25) is 4.79 Å². The summed E-state index contributed by atoms with van der Waals surface area (Å²) in [5.74, 6) is -4.77. The molecule has 2 unspecified atom stereocenters. The number of rotatable bonds is 3. The third-order valence-electron chi connectivity index (χ3n) is 3.23. The third-order valence-corrected chi connectivity index (χ3v) is 3.23. The van der Waals surface area contributed by atoms with Crippen molar-refractivity contribution in [1.82, 2.24) is 5.32 Å². The van der Waals surface area contributed by atoms with Gasteiger partial charge in [0.2, 0.25) is 0 Å². The SMILES string of the molecule is COc1cc(O)c(F)c(C2CC(C(=O)O)CN2)c1F. The number of carboxylic acids is 1. The Hall–Kier alpha value is -1.89. The third kappa shape index (κ3) is 2.33. The first-order chi connectivity index (χ1) is 8.95. The van der Waals surface area contributed by atoms with Crippen LogP contribution in [0.3, 0.4) is 0 Å². The predicted octanol–water partition coefficient (Wildman–Crippen LogP) is 1.41. The molecule has 5 nitrogen and oxygen atoms in total. The van der Waals surface area contributed by atoms with Crippen molar-refractivity contribution >= 4 is 5.97 Å². The van der Waals surface area contributed by atoms with Crippen LogP contribution in [-0.2, 0) is 4.79 Å². The Morgan fingerprint density at radius 1 is 1.47 bits per heavy atom. The minimum Gasteiger partial charge on any atom is -0.505 e. The molecule has 1 saturated heterocycles. The Balaban J connectivity index is 2.40. The highest BCUT2D eigenvalue weighted by Crippen LogP contribution is 2.38. The van der Waals surface area contributed by atoms with Gasteiger partial charge >= 0.3 is 5.97 Å². The van der Waals surface area contributed by atoms with E-state index < -0.39 is 35.3 Å². The van der Waals surface area contributed by atoms with Gasteiger partial charge in [0.05, 0.1) is 13.0 Å². The lowest BCUT2D eigenvalue weighted by Crippen LogP contribution is -2.18. The number of phenolic OH excluding ortho intramolecular Hbond substituents is 1. The van der Waals surface area contributed by atoms with E-state index in [1.54, 1.807) is 0 Å². The Labute approximate surface area is 107 Å². The number of hydrogen-bond donors (Lipinski definition) is 3. The zero-order valence-corrected chi connectivity index (χ0v) is 10.1. The van der Waals surface area contributed by atoms with E-state index in [0.717, 1.165) is 6.07 Å². The summed E-state index contributed by atoms with van der Waals surface area (Å²) in [6, 6.07) is 0.0414. The number of aliphatic carboxylic acids is 1. The quantitative estimate of drug-likeness (QED) is 0.776. The Morgan fingerprint density at radius 3 is 2.68 bits per heavy atom. The van der Waals surface area contributed by atoms with Gasteiger partial charge in [0, 0.05) is 24.2 Å². The molecule has 0 saturated carbocycles. The fourth-order valence-corrected chi connectivity index (χ4v) is 2.22. The highest BCUT2D eigenvalue weighted by molar-refractivity contribution is 5.70. The van der Waals surface area contributed by atoms with Crippen LogP contribution >= 0.6 is 0 Å². The summed E-state index contributed by atoms with van der Waals surface area (Å²) in [4.78, 5) is 10.8. The normalized spacial score (nSPS) is 22.5. The standard InChI is InChI=1S/C12H13F2NO4/c1-19-8-3-7(16)10(13)9(11(8)14)6-2-5(4-15-6)12(17)18/h3,5-6,15-16H,2,4H2,1H3,(H,17,18). The summed E-state index contributed by atoms with van der Waals surface area (Å²) in [6.45, 7) is 0.122. The second kappa shape index (κ2) is 5.00. The fraction of sp³-hybridized carbons (Fsp3) is 0.417. The van der Waals surface area contributed by atoms with Gasteiger partial charge in [-0.15, -0.1) is 0 Å². The van der Waals surface area contributed by atoms with E-state index in [0.29, 0.717) is 0 Å². The molecule has 0 spiro atoms. The highest BCUT2D eigenvalue weighted by atomic mass is 19.1. The average molecular weight is 273 g/mol. The van der Waals surface area contributed by atoms with Gasteiger partial charge in [-0.25, -0.2) is 8.78 Å². The molecular formula is C12H13F2NO4. The van der Waals surface area contributed by atoms with E-state index in [2.05, 4.69) is 5.32 Å². The maximum Gasteiger partial charge on any atom is 0.307 e. The van der Waals surface area contributed by atoms with Crippen LogP contribution in [0, 0.1) is 17.6 Å². The molecular weight excluding hydrogens is 260 g/mol. The summed E-state index contributed by atoms with van der Waals surface area (Å²) in [5, 5.41) is 21.0. The van der Waals surface area contributed by atoms with E-state index in [-0.39, 0.29) is 24.3 Å². The zero-order valence-electron chi connectivity index (χ0n) is 10.1.